The normalized spacial score (nSPS) is 10.2. The van der Waals surface area contributed by atoms with E-state index in [0.717, 1.165) is 37.2 Å². The topological polar surface area (TPSA) is 49.4 Å². The van der Waals surface area contributed by atoms with E-state index in [0.29, 0.717) is 6.42 Å². The summed E-state index contributed by atoms with van der Waals surface area (Å²) in [6.45, 7) is 7.27. The Morgan fingerprint density at radius 1 is 1.05 bits per heavy atom. The molecule has 0 saturated carbocycles. The van der Waals surface area contributed by atoms with Gasteiger partial charge in [0, 0.05) is 25.7 Å². The molecule has 1 aromatic rings. The second kappa shape index (κ2) is 8.35. The Labute approximate surface area is 121 Å². The Kier molecular flexibility index (Phi) is 6.77. The molecule has 0 saturated heterocycles. The number of hydrogen-bond acceptors (Lipinski definition) is 2. The molecule has 0 heterocycles. The maximum atomic E-state index is 12.2. The summed E-state index contributed by atoms with van der Waals surface area (Å²) in [5.74, 6) is 0.0758. The highest BCUT2D eigenvalue weighted by Gasteiger charge is 2.12. The second-order valence-corrected chi connectivity index (χ2v) is 4.94. The van der Waals surface area contributed by atoms with Crippen molar-refractivity contribution in [2.75, 3.05) is 18.4 Å². The van der Waals surface area contributed by atoms with E-state index >= 15 is 0 Å². The first-order chi connectivity index (χ1) is 9.56. The molecule has 0 aliphatic carbocycles. The van der Waals surface area contributed by atoms with Crippen LogP contribution >= 0.6 is 0 Å². The van der Waals surface area contributed by atoms with Crippen molar-refractivity contribution in [3.8, 4) is 0 Å². The number of nitrogens with zero attached hydrogens (tertiary/aromatic N) is 1. The maximum Gasteiger partial charge on any atom is 0.226 e. The van der Waals surface area contributed by atoms with Gasteiger partial charge in [-0.2, -0.15) is 0 Å². The molecule has 4 heteroatoms. The van der Waals surface area contributed by atoms with Gasteiger partial charge >= 0.3 is 0 Å². The summed E-state index contributed by atoms with van der Waals surface area (Å²) in [5.41, 5.74) is 1.73. The summed E-state index contributed by atoms with van der Waals surface area (Å²) < 4.78 is 0. The van der Waals surface area contributed by atoms with E-state index in [1.54, 1.807) is 0 Å². The largest absolute Gasteiger partial charge is 0.342 e. The molecule has 0 spiro atoms. The number of carbonyl (C=O) groups excluding carboxylic acids is 2. The fraction of sp³-hybridized carbons (Fsp3) is 0.500. The minimum atomic E-state index is -0.0918. The van der Waals surface area contributed by atoms with Crippen molar-refractivity contribution in [2.45, 2.75) is 40.0 Å². The summed E-state index contributed by atoms with van der Waals surface area (Å²) in [6.07, 6.45) is 2.38. The summed E-state index contributed by atoms with van der Waals surface area (Å²) in [7, 11) is 0. The number of hydrogen-bond donors (Lipinski definition) is 1. The average Bonchev–Trinajstić information content (AvgIpc) is 2.40. The van der Waals surface area contributed by atoms with Crippen LogP contribution in [0, 0.1) is 0 Å². The molecule has 0 atom stereocenters. The number of nitrogens with one attached hydrogen (secondary N) is 1. The molecule has 1 rings (SSSR count). The lowest BCUT2D eigenvalue weighted by atomic mass is 10.1. The zero-order valence-corrected chi connectivity index (χ0v) is 12.6. The van der Waals surface area contributed by atoms with Gasteiger partial charge in [0.05, 0.1) is 6.42 Å². The zero-order chi connectivity index (χ0) is 15.0. The van der Waals surface area contributed by atoms with Gasteiger partial charge < -0.3 is 10.2 Å². The molecule has 2 amide bonds. The van der Waals surface area contributed by atoms with Gasteiger partial charge in [0.1, 0.15) is 0 Å². The van der Waals surface area contributed by atoms with Gasteiger partial charge in [0.2, 0.25) is 11.8 Å². The van der Waals surface area contributed by atoms with E-state index in [9.17, 15) is 9.59 Å². The molecule has 0 radical (unpaired) electrons. The molecule has 4 nitrogen and oxygen atoms in total. The van der Waals surface area contributed by atoms with Crippen LogP contribution in [-0.4, -0.2) is 29.8 Å². The van der Waals surface area contributed by atoms with E-state index in [1.807, 2.05) is 29.2 Å². The van der Waals surface area contributed by atoms with E-state index in [2.05, 4.69) is 19.2 Å². The zero-order valence-electron chi connectivity index (χ0n) is 12.6. The van der Waals surface area contributed by atoms with Gasteiger partial charge in [0.25, 0.3) is 0 Å². The number of carbonyl (C=O) groups is 2. The third kappa shape index (κ3) is 5.43. The number of anilines is 1. The molecular weight excluding hydrogens is 252 g/mol. The Bertz CT molecular complexity index is 434. The van der Waals surface area contributed by atoms with Gasteiger partial charge in [-0.05, 0) is 30.5 Å². The third-order valence-corrected chi connectivity index (χ3v) is 2.97. The van der Waals surface area contributed by atoms with Gasteiger partial charge in [0.15, 0.2) is 0 Å². The third-order valence-electron chi connectivity index (χ3n) is 2.97. The van der Waals surface area contributed by atoms with E-state index in [4.69, 9.17) is 0 Å². The first-order valence-corrected chi connectivity index (χ1v) is 7.21. The lowest BCUT2D eigenvalue weighted by molar-refractivity contribution is -0.130. The minimum Gasteiger partial charge on any atom is -0.342 e. The van der Waals surface area contributed by atoms with Crippen molar-refractivity contribution >= 4 is 17.5 Å². The van der Waals surface area contributed by atoms with Crippen LogP contribution < -0.4 is 5.32 Å². The fourth-order valence-electron chi connectivity index (χ4n) is 2.10. The van der Waals surface area contributed by atoms with Gasteiger partial charge in [-0.3, -0.25) is 9.59 Å². The summed E-state index contributed by atoms with van der Waals surface area (Å²) in [5, 5.41) is 2.71. The molecule has 0 unspecified atom stereocenters. The monoisotopic (exact) mass is 276 g/mol. The smallest absolute Gasteiger partial charge is 0.226 e. The number of benzene rings is 1. The number of amides is 2. The summed E-state index contributed by atoms with van der Waals surface area (Å²) >= 11 is 0. The van der Waals surface area contributed by atoms with Crippen LogP contribution in [0.1, 0.15) is 39.2 Å². The Balaban J connectivity index is 2.62. The molecule has 110 valence electrons. The van der Waals surface area contributed by atoms with Crippen LogP contribution in [-0.2, 0) is 16.0 Å². The molecule has 0 bridgehead atoms. The Hall–Kier alpha value is -1.84. The molecular formula is C16H24N2O2. The summed E-state index contributed by atoms with van der Waals surface area (Å²) in [4.78, 5) is 25.1. The predicted molar refractivity (Wildman–Crippen MR) is 81.6 cm³/mol. The Morgan fingerprint density at radius 2 is 1.60 bits per heavy atom. The van der Waals surface area contributed by atoms with Gasteiger partial charge in [-0.1, -0.05) is 26.0 Å². The standard InChI is InChI=1S/C16H24N2O2/c1-4-10-18(11-5-2)16(20)12-14-6-8-15(9-7-14)17-13(3)19/h6-9H,4-5,10-12H2,1-3H3,(H,17,19). The van der Waals surface area contributed by atoms with Crippen molar-refractivity contribution in [1.82, 2.24) is 4.90 Å². The van der Waals surface area contributed by atoms with Crippen LogP contribution in [0.25, 0.3) is 0 Å². The maximum absolute atomic E-state index is 12.2. The van der Waals surface area contributed by atoms with E-state index < -0.39 is 0 Å². The SMILES string of the molecule is CCCN(CCC)C(=O)Cc1ccc(NC(C)=O)cc1. The summed E-state index contributed by atoms with van der Waals surface area (Å²) in [6, 6.07) is 7.43. The Morgan fingerprint density at radius 3 is 2.05 bits per heavy atom. The fourth-order valence-corrected chi connectivity index (χ4v) is 2.10. The molecule has 1 aromatic carbocycles. The van der Waals surface area contributed by atoms with Crippen molar-refractivity contribution in [3.05, 3.63) is 29.8 Å². The molecule has 20 heavy (non-hydrogen) atoms. The minimum absolute atomic E-state index is 0.0918. The van der Waals surface area contributed by atoms with Crippen molar-refractivity contribution in [1.29, 1.82) is 0 Å². The van der Waals surface area contributed by atoms with Crippen LogP contribution in [0.3, 0.4) is 0 Å². The highest BCUT2D eigenvalue weighted by Crippen LogP contribution is 2.11. The lowest BCUT2D eigenvalue weighted by Gasteiger charge is -2.21. The second-order valence-electron chi connectivity index (χ2n) is 4.94. The quantitative estimate of drug-likeness (QED) is 0.832. The first kappa shape index (κ1) is 16.2. The predicted octanol–water partition coefficient (Wildman–Crippen LogP) is 2.84. The van der Waals surface area contributed by atoms with Crippen LogP contribution in [0.5, 0.6) is 0 Å². The van der Waals surface area contributed by atoms with Crippen LogP contribution in [0.4, 0.5) is 5.69 Å². The van der Waals surface area contributed by atoms with E-state index in [-0.39, 0.29) is 11.8 Å². The number of rotatable bonds is 7. The molecule has 0 aliphatic heterocycles. The molecule has 0 aromatic heterocycles. The highest BCUT2D eigenvalue weighted by atomic mass is 16.2. The van der Waals surface area contributed by atoms with E-state index in [1.165, 1.54) is 6.92 Å². The molecule has 1 N–H and O–H groups in total. The van der Waals surface area contributed by atoms with Gasteiger partial charge in [-0.15, -0.1) is 0 Å². The van der Waals surface area contributed by atoms with Crippen molar-refractivity contribution in [3.63, 3.8) is 0 Å². The average molecular weight is 276 g/mol. The molecule has 0 aliphatic rings. The molecule has 0 fully saturated rings. The lowest BCUT2D eigenvalue weighted by Crippen LogP contribution is -2.33. The highest BCUT2D eigenvalue weighted by molar-refractivity contribution is 5.88. The van der Waals surface area contributed by atoms with Crippen LogP contribution in [0.2, 0.25) is 0 Å². The van der Waals surface area contributed by atoms with Crippen molar-refractivity contribution < 1.29 is 9.59 Å². The van der Waals surface area contributed by atoms with Crippen molar-refractivity contribution in [2.24, 2.45) is 0 Å². The first-order valence-electron chi connectivity index (χ1n) is 7.21. The van der Waals surface area contributed by atoms with Gasteiger partial charge in [-0.25, -0.2) is 0 Å². The van der Waals surface area contributed by atoms with Crippen LogP contribution in [0.15, 0.2) is 24.3 Å².